The van der Waals surface area contributed by atoms with Crippen molar-refractivity contribution in [2.75, 3.05) is 6.54 Å². The van der Waals surface area contributed by atoms with E-state index in [0.29, 0.717) is 6.04 Å². The number of rotatable bonds is 3. The predicted molar refractivity (Wildman–Crippen MR) is 75.9 cm³/mol. The lowest BCUT2D eigenvalue weighted by molar-refractivity contribution is -0.124. The second-order valence-electron chi connectivity index (χ2n) is 6.14. The first kappa shape index (κ1) is 13.6. The Balaban J connectivity index is 1.68. The standard InChI is InChI=1S/C16H21FN2O/c1-11-10-14(6-9-18-11)19-15(20)16(7-8-16)12-2-4-13(17)5-3-12/h2-5,11,14,18H,6-10H2,1H3,(H,19,20). The van der Waals surface area contributed by atoms with Crippen molar-refractivity contribution in [3.63, 3.8) is 0 Å². The molecule has 2 atom stereocenters. The first-order valence-electron chi connectivity index (χ1n) is 7.40. The lowest BCUT2D eigenvalue weighted by Crippen LogP contribution is -2.49. The summed E-state index contributed by atoms with van der Waals surface area (Å²) in [5.74, 6) is -0.139. The molecule has 2 N–H and O–H groups in total. The molecule has 1 aromatic rings. The lowest BCUT2D eigenvalue weighted by Gasteiger charge is -2.30. The van der Waals surface area contributed by atoms with E-state index in [2.05, 4.69) is 17.6 Å². The van der Waals surface area contributed by atoms with E-state index in [1.807, 2.05) is 0 Å². The zero-order valence-electron chi connectivity index (χ0n) is 11.8. The largest absolute Gasteiger partial charge is 0.352 e. The molecule has 1 amide bonds. The van der Waals surface area contributed by atoms with Crippen molar-refractivity contribution in [3.05, 3.63) is 35.6 Å². The maximum atomic E-state index is 13.0. The maximum Gasteiger partial charge on any atom is 0.230 e. The molecule has 1 saturated carbocycles. The third-order valence-electron chi connectivity index (χ3n) is 4.54. The van der Waals surface area contributed by atoms with Gasteiger partial charge < -0.3 is 10.6 Å². The van der Waals surface area contributed by atoms with E-state index in [9.17, 15) is 9.18 Å². The average Bonchev–Trinajstić information content (AvgIpc) is 3.21. The lowest BCUT2D eigenvalue weighted by atomic mass is 9.93. The minimum absolute atomic E-state index is 0.114. The number of piperidine rings is 1. The summed E-state index contributed by atoms with van der Waals surface area (Å²) in [5, 5.41) is 6.58. The molecule has 1 heterocycles. The summed E-state index contributed by atoms with van der Waals surface area (Å²) >= 11 is 0. The third kappa shape index (κ3) is 2.57. The van der Waals surface area contributed by atoms with Crippen LogP contribution in [0.3, 0.4) is 0 Å². The van der Waals surface area contributed by atoms with E-state index >= 15 is 0 Å². The summed E-state index contributed by atoms with van der Waals surface area (Å²) < 4.78 is 13.0. The minimum Gasteiger partial charge on any atom is -0.352 e. The van der Waals surface area contributed by atoms with Crippen LogP contribution >= 0.6 is 0 Å². The predicted octanol–water partition coefficient (Wildman–Crippen LogP) is 2.11. The number of hydrogen-bond acceptors (Lipinski definition) is 2. The van der Waals surface area contributed by atoms with Crippen LogP contribution in [0.15, 0.2) is 24.3 Å². The Hall–Kier alpha value is -1.42. The van der Waals surface area contributed by atoms with Gasteiger partial charge in [-0.25, -0.2) is 4.39 Å². The quantitative estimate of drug-likeness (QED) is 0.888. The van der Waals surface area contributed by atoms with Gasteiger partial charge in [0, 0.05) is 12.1 Å². The molecule has 1 saturated heterocycles. The van der Waals surface area contributed by atoms with Gasteiger partial charge in [-0.1, -0.05) is 12.1 Å². The van der Waals surface area contributed by atoms with Crippen LogP contribution in [0, 0.1) is 5.82 Å². The molecule has 1 aliphatic heterocycles. The zero-order chi connectivity index (χ0) is 14.2. The molecular formula is C16H21FN2O. The Morgan fingerprint density at radius 1 is 1.35 bits per heavy atom. The summed E-state index contributed by atoms with van der Waals surface area (Å²) in [6.07, 6.45) is 3.69. The number of carbonyl (C=O) groups excluding carboxylic acids is 1. The van der Waals surface area contributed by atoms with Crippen molar-refractivity contribution in [1.29, 1.82) is 0 Å². The molecule has 3 rings (SSSR count). The SMILES string of the molecule is CC1CC(NC(=O)C2(c3ccc(F)cc3)CC2)CCN1. The molecule has 108 valence electrons. The van der Waals surface area contributed by atoms with Crippen LogP contribution in [0.2, 0.25) is 0 Å². The number of hydrogen-bond donors (Lipinski definition) is 2. The molecule has 2 aliphatic rings. The van der Waals surface area contributed by atoms with E-state index in [0.717, 1.165) is 37.8 Å². The van der Waals surface area contributed by atoms with E-state index in [-0.39, 0.29) is 17.8 Å². The first-order valence-corrected chi connectivity index (χ1v) is 7.40. The molecule has 3 nitrogen and oxygen atoms in total. The van der Waals surface area contributed by atoms with Gasteiger partial charge in [0.15, 0.2) is 0 Å². The van der Waals surface area contributed by atoms with Crippen molar-refractivity contribution < 1.29 is 9.18 Å². The highest BCUT2D eigenvalue weighted by molar-refractivity contribution is 5.91. The number of amides is 1. The number of carbonyl (C=O) groups is 1. The van der Waals surface area contributed by atoms with E-state index in [1.54, 1.807) is 12.1 Å². The molecule has 4 heteroatoms. The number of nitrogens with one attached hydrogen (secondary N) is 2. The fraction of sp³-hybridized carbons (Fsp3) is 0.562. The Morgan fingerprint density at radius 2 is 2.05 bits per heavy atom. The van der Waals surface area contributed by atoms with Crippen molar-refractivity contribution in [1.82, 2.24) is 10.6 Å². The topological polar surface area (TPSA) is 41.1 Å². The summed E-state index contributed by atoms with van der Waals surface area (Å²) in [4.78, 5) is 12.6. The summed E-state index contributed by atoms with van der Waals surface area (Å²) in [6.45, 7) is 3.10. The smallest absolute Gasteiger partial charge is 0.230 e. The highest BCUT2D eigenvalue weighted by Gasteiger charge is 2.51. The molecule has 2 unspecified atom stereocenters. The zero-order valence-corrected chi connectivity index (χ0v) is 11.8. The Labute approximate surface area is 118 Å². The van der Waals surface area contributed by atoms with Gasteiger partial charge in [-0.2, -0.15) is 0 Å². The molecule has 0 radical (unpaired) electrons. The van der Waals surface area contributed by atoms with Gasteiger partial charge in [-0.15, -0.1) is 0 Å². The van der Waals surface area contributed by atoms with Crippen LogP contribution < -0.4 is 10.6 Å². The summed E-state index contributed by atoms with van der Waals surface area (Å²) in [6, 6.07) is 7.08. The molecule has 0 bridgehead atoms. The Bertz CT molecular complexity index is 496. The van der Waals surface area contributed by atoms with E-state index < -0.39 is 5.41 Å². The van der Waals surface area contributed by atoms with Crippen LogP contribution in [-0.2, 0) is 10.2 Å². The van der Waals surface area contributed by atoms with Gasteiger partial charge >= 0.3 is 0 Å². The molecule has 0 spiro atoms. The van der Waals surface area contributed by atoms with Gasteiger partial charge in [0.05, 0.1) is 5.41 Å². The Morgan fingerprint density at radius 3 is 2.65 bits per heavy atom. The van der Waals surface area contributed by atoms with Crippen LogP contribution in [0.5, 0.6) is 0 Å². The van der Waals surface area contributed by atoms with Crippen LogP contribution in [0.25, 0.3) is 0 Å². The van der Waals surface area contributed by atoms with Gasteiger partial charge in [-0.3, -0.25) is 4.79 Å². The normalized spacial score (nSPS) is 27.9. The average molecular weight is 276 g/mol. The highest BCUT2D eigenvalue weighted by atomic mass is 19.1. The number of benzene rings is 1. The molecule has 1 aliphatic carbocycles. The molecule has 20 heavy (non-hydrogen) atoms. The highest BCUT2D eigenvalue weighted by Crippen LogP contribution is 2.48. The van der Waals surface area contributed by atoms with Crippen molar-refractivity contribution in [3.8, 4) is 0 Å². The second-order valence-corrected chi connectivity index (χ2v) is 6.14. The second kappa shape index (κ2) is 5.17. The third-order valence-corrected chi connectivity index (χ3v) is 4.54. The van der Waals surface area contributed by atoms with Gasteiger partial charge in [0.1, 0.15) is 5.82 Å². The van der Waals surface area contributed by atoms with E-state index in [1.165, 1.54) is 12.1 Å². The molecular weight excluding hydrogens is 255 g/mol. The molecule has 1 aromatic carbocycles. The fourth-order valence-electron chi connectivity index (χ4n) is 3.13. The van der Waals surface area contributed by atoms with Crippen molar-refractivity contribution >= 4 is 5.91 Å². The molecule has 2 fully saturated rings. The summed E-state index contributed by atoms with van der Waals surface area (Å²) in [5.41, 5.74) is 0.542. The Kier molecular flexibility index (Phi) is 3.50. The van der Waals surface area contributed by atoms with Gasteiger partial charge in [0.25, 0.3) is 0 Å². The van der Waals surface area contributed by atoms with Gasteiger partial charge in [0.2, 0.25) is 5.91 Å². The van der Waals surface area contributed by atoms with E-state index in [4.69, 9.17) is 0 Å². The number of halogens is 1. The fourth-order valence-corrected chi connectivity index (χ4v) is 3.13. The maximum absolute atomic E-state index is 13.0. The van der Waals surface area contributed by atoms with Crippen LogP contribution in [0.1, 0.15) is 38.2 Å². The van der Waals surface area contributed by atoms with Crippen LogP contribution in [0.4, 0.5) is 4.39 Å². The van der Waals surface area contributed by atoms with Gasteiger partial charge in [-0.05, 0) is 56.8 Å². The summed E-state index contributed by atoms with van der Waals surface area (Å²) in [7, 11) is 0. The van der Waals surface area contributed by atoms with Crippen molar-refractivity contribution in [2.24, 2.45) is 0 Å². The monoisotopic (exact) mass is 276 g/mol. The molecule has 0 aromatic heterocycles. The van der Waals surface area contributed by atoms with Crippen LogP contribution in [-0.4, -0.2) is 24.5 Å². The van der Waals surface area contributed by atoms with Crippen molar-refractivity contribution in [2.45, 2.75) is 50.1 Å². The minimum atomic E-state index is -0.401. The first-order chi connectivity index (χ1) is 9.60.